The van der Waals surface area contributed by atoms with Gasteiger partial charge in [-0.05, 0) is 35.2 Å². The van der Waals surface area contributed by atoms with Crippen LogP contribution in [-0.4, -0.2) is 36.3 Å². The van der Waals surface area contributed by atoms with Crippen LogP contribution in [0.3, 0.4) is 0 Å². The highest BCUT2D eigenvalue weighted by atomic mass is 79.9. The first-order chi connectivity index (χ1) is 10.8. The van der Waals surface area contributed by atoms with Gasteiger partial charge in [-0.15, -0.1) is 0 Å². The van der Waals surface area contributed by atoms with E-state index in [2.05, 4.69) is 45.9 Å². The maximum atomic E-state index is 5.48. The summed E-state index contributed by atoms with van der Waals surface area (Å²) in [5.41, 5.74) is 1.76. The van der Waals surface area contributed by atoms with Gasteiger partial charge in [0.25, 0.3) is 0 Å². The maximum Gasteiger partial charge on any atom is 0.165 e. The molecule has 7 nitrogen and oxygen atoms in total. The second kappa shape index (κ2) is 4.65. The first-order valence-electron chi connectivity index (χ1n) is 7.63. The summed E-state index contributed by atoms with van der Waals surface area (Å²) in [6, 6.07) is 0.890. The highest BCUT2D eigenvalue weighted by Crippen LogP contribution is 2.43. The maximum absolute atomic E-state index is 5.48. The van der Waals surface area contributed by atoms with E-state index in [1.165, 1.54) is 12.8 Å². The number of imidazole rings is 1. The molecule has 5 rings (SSSR count). The molecule has 0 radical (unpaired) electrons. The summed E-state index contributed by atoms with van der Waals surface area (Å²) in [5, 5.41) is 7.46. The molecule has 1 N–H and O–H groups in total. The lowest BCUT2D eigenvalue weighted by Crippen LogP contribution is -2.12. The molecule has 3 atom stereocenters. The summed E-state index contributed by atoms with van der Waals surface area (Å²) < 4.78 is 3.09. The molecule has 2 aromatic heterocycles. The van der Waals surface area contributed by atoms with Gasteiger partial charge in [0.05, 0.1) is 12.2 Å². The molecule has 0 amide bonds. The summed E-state index contributed by atoms with van der Waals surface area (Å²) in [6.45, 7) is 0. The van der Waals surface area contributed by atoms with E-state index >= 15 is 0 Å². The standard InChI is InChI=1S/C14H15BrN6O/c15-12-9-3-8(4-10(9)22-20-12)21-6-18-11-13(19-7-1-2-7)16-5-17-14(11)21/h5-10H,1-4H2,(H,16,17,19)/t8-,9-,10+/m0/s1. The predicted molar refractivity (Wildman–Crippen MR) is 85.0 cm³/mol. The summed E-state index contributed by atoms with van der Waals surface area (Å²) >= 11 is 3.50. The number of nitrogens with zero attached hydrogens (tertiary/aromatic N) is 5. The lowest BCUT2D eigenvalue weighted by atomic mass is 10.1. The second-order valence-corrected chi connectivity index (χ2v) is 7.07. The van der Waals surface area contributed by atoms with Crippen LogP contribution in [0.1, 0.15) is 31.7 Å². The van der Waals surface area contributed by atoms with Gasteiger partial charge in [-0.2, -0.15) is 0 Å². The van der Waals surface area contributed by atoms with Gasteiger partial charge in [0.2, 0.25) is 0 Å². The number of nitrogens with one attached hydrogen (secondary N) is 1. The number of anilines is 1. The fourth-order valence-corrected chi connectivity index (χ4v) is 3.96. The molecule has 1 aliphatic heterocycles. The molecule has 0 aromatic carbocycles. The fourth-order valence-electron chi connectivity index (χ4n) is 3.40. The number of oxime groups is 1. The quantitative estimate of drug-likeness (QED) is 0.907. The molecule has 3 heterocycles. The number of halogens is 1. The molecule has 2 saturated carbocycles. The van der Waals surface area contributed by atoms with Gasteiger partial charge < -0.3 is 14.7 Å². The Balaban J connectivity index is 1.49. The summed E-state index contributed by atoms with van der Waals surface area (Å²) in [7, 11) is 0. The highest BCUT2D eigenvalue weighted by molar-refractivity contribution is 9.18. The fraction of sp³-hybridized carbons (Fsp3) is 0.571. The minimum Gasteiger partial charge on any atom is -0.391 e. The van der Waals surface area contributed by atoms with E-state index in [0.717, 1.165) is 34.4 Å². The molecule has 0 unspecified atom stereocenters. The van der Waals surface area contributed by atoms with Crippen molar-refractivity contribution in [3.8, 4) is 0 Å². The average Bonchev–Trinajstić information content (AvgIpc) is 2.95. The third-order valence-corrected chi connectivity index (χ3v) is 5.46. The van der Waals surface area contributed by atoms with E-state index in [-0.39, 0.29) is 6.10 Å². The van der Waals surface area contributed by atoms with Crippen molar-refractivity contribution in [3.63, 3.8) is 0 Å². The van der Waals surface area contributed by atoms with Gasteiger partial charge in [0.1, 0.15) is 22.6 Å². The zero-order valence-corrected chi connectivity index (χ0v) is 13.4. The summed E-state index contributed by atoms with van der Waals surface area (Å²) in [4.78, 5) is 18.8. The Morgan fingerprint density at radius 1 is 1.23 bits per heavy atom. The third-order valence-electron chi connectivity index (χ3n) is 4.73. The molecule has 0 saturated heterocycles. The third kappa shape index (κ3) is 1.93. The van der Waals surface area contributed by atoms with Gasteiger partial charge in [0.15, 0.2) is 11.5 Å². The van der Waals surface area contributed by atoms with E-state index in [0.29, 0.717) is 18.0 Å². The van der Waals surface area contributed by atoms with Gasteiger partial charge in [-0.25, -0.2) is 15.0 Å². The minimum atomic E-state index is 0.169. The van der Waals surface area contributed by atoms with E-state index in [9.17, 15) is 0 Å². The molecule has 0 spiro atoms. The first-order valence-corrected chi connectivity index (χ1v) is 8.42. The molecule has 2 aliphatic carbocycles. The number of hydrogen-bond acceptors (Lipinski definition) is 6. The Morgan fingerprint density at radius 3 is 2.95 bits per heavy atom. The molecular weight excluding hydrogens is 348 g/mol. The minimum absolute atomic E-state index is 0.169. The Hall–Kier alpha value is -1.70. The van der Waals surface area contributed by atoms with Crippen molar-refractivity contribution in [2.75, 3.05) is 5.32 Å². The number of rotatable bonds is 3. The highest BCUT2D eigenvalue weighted by Gasteiger charge is 2.43. The van der Waals surface area contributed by atoms with Gasteiger partial charge in [0, 0.05) is 18.5 Å². The predicted octanol–water partition coefficient (Wildman–Crippen LogP) is 2.46. The van der Waals surface area contributed by atoms with Crippen molar-refractivity contribution >= 4 is 37.5 Å². The normalized spacial score (nSPS) is 30.2. The van der Waals surface area contributed by atoms with E-state index in [4.69, 9.17) is 4.84 Å². The topological polar surface area (TPSA) is 77.2 Å². The van der Waals surface area contributed by atoms with Crippen LogP contribution in [0.2, 0.25) is 0 Å². The van der Waals surface area contributed by atoms with Crippen LogP contribution >= 0.6 is 15.9 Å². The number of fused-ring (bicyclic) bond motifs is 2. The van der Waals surface area contributed by atoms with Crippen LogP contribution < -0.4 is 5.32 Å². The Kier molecular flexibility index (Phi) is 2.70. The molecule has 2 fully saturated rings. The lowest BCUT2D eigenvalue weighted by molar-refractivity contribution is 0.0719. The molecular formula is C14H15BrN6O. The Morgan fingerprint density at radius 2 is 2.14 bits per heavy atom. The van der Waals surface area contributed by atoms with Crippen LogP contribution in [0.5, 0.6) is 0 Å². The van der Waals surface area contributed by atoms with Crippen molar-refractivity contribution < 1.29 is 4.84 Å². The summed E-state index contributed by atoms with van der Waals surface area (Å²) in [5.74, 6) is 1.21. The number of aromatic nitrogens is 4. The molecule has 22 heavy (non-hydrogen) atoms. The lowest BCUT2D eigenvalue weighted by Gasteiger charge is -2.13. The largest absolute Gasteiger partial charge is 0.391 e. The number of hydrogen-bond donors (Lipinski definition) is 1. The molecule has 8 heteroatoms. The van der Waals surface area contributed by atoms with Crippen molar-refractivity contribution in [1.29, 1.82) is 0 Å². The van der Waals surface area contributed by atoms with Crippen LogP contribution in [-0.2, 0) is 4.84 Å². The second-order valence-electron chi connectivity index (χ2n) is 6.25. The van der Waals surface area contributed by atoms with Crippen molar-refractivity contribution in [2.45, 2.75) is 43.9 Å². The molecule has 3 aliphatic rings. The van der Waals surface area contributed by atoms with Crippen LogP contribution in [0.4, 0.5) is 5.82 Å². The van der Waals surface area contributed by atoms with Crippen LogP contribution in [0, 0.1) is 5.92 Å². The van der Waals surface area contributed by atoms with Gasteiger partial charge in [-0.3, -0.25) is 0 Å². The molecule has 2 aromatic rings. The summed E-state index contributed by atoms with van der Waals surface area (Å²) in [6.07, 6.45) is 8.02. The van der Waals surface area contributed by atoms with E-state index in [1.807, 2.05) is 6.33 Å². The monoisotopic (exact) mass is 362 g/mol. The SMILES string of the molecule is BrC1=NO[C@@H]2C[C@@H](n3cnc4c(NC5CC5)ncnc43)C[C@H]12. The zero-order chi connectivity index (χ0) is 14.7. The van der Waals surface area contributed by atoms with Crippen LogP contribution in [0.15, 0.2) is 17.8 Å². The van der Waals surface area contributed by atoms with Gasteiger partial charge in [-0.1, -0.05) is 5.16 Å². The van der Waals surface area contributed by atoms with Crippen molar-refractivity contribution in [2.24, 2.45) is 11.1 Å². The van der Waals surface area contributed by atoms with Crippen molar-refractivity contribution in [3.05, 3.63) is 12.7 Å². The van der Waals surface area contributed by atoms with Gasteiger partial charge >= 0.3 is 0 Å². The van der Waals surface area contributed by atoms with Crippen LogP contribution in [0.25, 0.3) is 11.2 Å². The molecule has 0 bridgehead atoms. The first kappa shape index (κ1) is 12.8. The molecule has 114 valence electrons. The smallest absolute Gasteiger partial charge is 0.165 e. The van der Waals surface area contributed by atoms with Crippen molar-refractivity contribution in [1.82, 2.24) is 19.5 Å². The Bertz CT molecular complexity index is 770. The average molecular weight is 363 g/mol. The van der Waals surface area contributed by atoms with E-state index in [1.54, 1.807) is 6.33 Å². The zero-order valence-electron chi connectivity index (χ0n) is 11.8. The Labute approximate surface area is 135 Å². The van der Waals surface area contributed by atoms with E-state index < -0.39 is 0 Å².